The first-order valence-electron chi connectivity index (χ1n) is 30.1. The number of ether oxygens (including phenoxy) is 1. The highest BCUT2D eigenvalue weighted by molar-refractivity contribution is 5.76. The summed E-state index contributed by atoms with van der Waals surface area (Å²) in [4.78, 5) is 24.5. The molecule has 0 aliphatic carbocycles. The summed E-state index contributed by atoms with van der Waals surface area (Å²) in [6.45, 7) is 4.85. The molecule has 396 valence electrons. The van der Waals surface area contributed by atoms with E-state index in [1.165, 1.54) is 244 Å². The number of aliphatic hydroxyl groups is 2. The maximum Gasteiger partial charge on any atom is 0.305 e. The van der Waals surface area contributed by atoms with Crippen LogP contribution in [0.2, 0.25) is 0 Å². The molecule has 0 aliphatic rings. The van der Waals surface area contributed by atoms with Crippen LogP contribution in [0.15, 0.2) is 24.3 Å². The zero-order chi connectivity index (χ0) is 48.6. The van der Waals surface area contributed by atoms with Crippen molar-refractivity contribution >= 4 is 11.9 Å². The first kappa shape index (κ1) is 65.3. The van der Waals surface area contributed by atoms with Crippen LogP contribution < -0.4 is 5.32 Å². The Morgan fingerprint density at radius 1 is 0.418 bits per heavy atom. The zero-order valence-electron chi connectivity index (χ0n) is 45.1. The Kier molecular flexibility index (Phi) is 55.5. The van der Waals surface area contributed by atoms with E-state index in [2.05, 4.69) is 43.5 Å². The highest BCUT2D eigenvalue weighted by Crippen LogP contribution is 2.18. The SMILES string of the molecule is CCCCCCCCCCCCCCCCCCCCCC(=O)OCC/C=C\C/C=C\CCCCCCCCCCCCCCCCC(=O)NC(CO)C(O)CCCCCCCCCCCC. The van der Waals surface area contributed by atoms with Crippen LogP contribution in [-0.2, 0) is 14.3 Å². The second kappa shape index (κ2) is 56.9. The lowest BCUT2D eigenvalue weighted by atomic mass is 10.0. The molecule has 3 N–H and O–H groups in total. The van der Waals surface area contributed by atoms with Gasteiger partial charge in [-0.25, -0.2) is 0 Å². The molecule has 0 rings (SSSR count). The Labute approximate surface area is 418 Å². The molecule has 0 heterocycles. The molecule has 0 aromatic heterocycles. The third-order valence-electron chi connectivity index (χ3n) is 14.0. The number of allylic oxidation sites excluding steroid dienone is 3. The van der Waals surface area contributed by atoms with Gasteiger partial charge in [0.05, 0.1) is 25.4 Å². The van der Waals surface area contributed by atoms with Gasteiger partial charge in [-0.2, -0.15) is 0 Å². The Morgan fingerprint density at radius 2 is 0.746 bits per heavy atom. The van der Waals surface area contributed by atoms with Gasteiger partial charge in [-0.05, 0) is 44.9 Å². The van der Waals surface area contributed by atoms with Crippen LogP contribution in [0.1, 0.15) is 328 Å². The van der Waals surface area contributed by atoms with Crippen molar-refractivity contribution in [2.75, 3.05) is 13.2 Å². The van der Waals surface area contributed by atoms with Crippen molar-refractivity contribution in [1.29, 1.82) is 0 Å². The summed E-state index contributed by atoms with van der Waals surface area (Å²) >= 11 is 0. The Hall–Kier alpha value is -1.66. The van der Waals surface area contributed by atoms with Crippen LogP contribution in [0, 0.1) is 0 Å². The maximum atomic E-state index is 12.4. The minimum atomic E-state index is -0.665. The monoisotopic (exact) mass is 944 g/mol. The molecule has 0 saturated heterocycles. The van der Waals surface area contributed by atoms with Gasteiger partial charge in [-0.15, -0.1) is 0 Å². The number of amides is 1. The van der Waals surface area contributed by atoms with Gasteiger partial charge >= 0.3 is 5.97 Å². The highest BCUT2D eigenvalue weighted by atomic mass is 16.5. The Balaban J connectivity index is 3.41. The molecule has 1 amide bonds. The molecule has 0 spiro atoms. The van der Waals surface area contributed by atoms with Crippen LogP contribution in [0.5, 0.6) is 0 Å². The first-order valence-corrected chi connectivity index (χ1v) is 30.1. The standard InChI is InChI=1S/C61H117NO5/c1-3-5-7-9-11-13-15-16-17-18-22-26-29-32-35-39-43-47-51-55-61(66)67-56-52-48-44-40-36-33-30-27-24-21-19-20-23-25-28-31-34-38-42-46-50-54-60(65)62-58(57-63)59(64)53-49-45-41-37-14-12-10-8-6-4-2/h33,36,44,48,58-59,63-64H,3-32,34-35,37-43,45-47,49-57H2,1-2H3,(H,62,65)/b36-33-,48-44-. The molecule has 6 nitrogen and oxygen atoms in total. The zero-order valence-corrected chi connectivity index (χ0v) is 45.1. The lowest BCUT2D eigenvalue weighted by Gasteiger charge is -2.22. The molecular formula is C61H117NO5. The molecule has 0 radical (unpaired) electrons. The average molecular weight is 945 g/mol. The van der Waals surface area contributed by atoms with E-state index in [9.17, 15) is 19.8 Å². The number of hydrogen-bond donors (Lipinski definition) is 3. The maximum absolute atomic E-state index is 12.4. The Bertz CT molecular complexity index is 1040. The normalized spacial score (nSPS) is 12.7. The summed E-state index contributed by atoms with van der Waals surface area (Å²) in [5.41, 5.74) is 0. The van der Waals surface area contributed by atoms with Crippen LogP contribution in [0.3, 0.4) is 0 Å². The minimum Gasteiger partial charge on any atom is -0.465 e. The van der Waals surface area contributed by atoms with Crippen LogP contribution >= 0.6 is 0 Å². The molecule has 0 bridgehead atoms. The minimum absolute atomic E-state index is 0.0303. The largest absolute Gasteiger partial charge is 0.465 e. The van der Waals surface area contributed by atoms with E-state index in [-0.39, 0.29) is 18.5 Å². The van der Waals surface area contributed by atoms with Crippen LogP contribution in [-0.4, -0.2) is 47.4 Å². The summed E-state index contributed by atoms with van der Waals surface area (Å²) in [5.74, 6) is -0.0709. The molecule has 2 unspecified atom stereocenters. The summed E-state index contributed by atoms with van der Waals surface area (Å²) in [6, 6.07) is -0.543. The number of esters is 1. The van der Waals surface area contributed by atoms with Gasteiger partial charge in [0.2, 0.25) is 5.91 Å². The van der Waals surface area contributed by atoms with Crippen molar-refractivity contribution in [2.45, 2.75) is 341 Å². The van der Waals surface area contributed by atoms with Gasteiger partial charge in [-0.1, -0.05) is 295 Å². The number of rotatable bonds is 56. The van der Waals surface area contributed by atoms with E-state index >= 15 is 0 Å². The van der Waals surface area contributed by atoms with Crippen molar-refractivity contribution in [1.82, 2.24) is 5.32 Å². The van der Waals surface area contributed by atoms with E-state index in [0.29, 0.717) is 25.9 Å². The van der Waals surface area contributed by atoms with Crippen molar-refractivity contribution < 1.29 is 24.5 Å². The smallest absolute Gasteiger partial charge is 0.305 e. The van der Waals surface area contributed by atoms with Crippen molar-refractivity contribution in [3.8, 4) is 0 Å². The van der Waals surface area contributed by atoms with E-state index < -0.39 is 12.1 Å². The third kappa shape index (κ3) is 53.5. The van der Waals surface area contributed by atoms with Crippen molar-refractivity contribution in [2.24, 2.45) is 0 Å². The molecule has 67 heavy (non-hydrogen) atoms. The van der Waals surface area contributed by atoms with Gasteiger partial charge in [0.15, 0.2) is 0 Å². The number of carbonyl (C=O) groups is 2. The number of nitrogens with one attached hydrogen (secondary N) is 1. The second-order valence-electron chi connectivity index (χ2n) is 20.7. The molecule has 6 heteroatoms. The van der Waals surface area contributed by atoms with E-state index in [1.54, 1.807) is 0 Å². The summed E-state index contributed by atoms with van der Waals surface area (Å²) < 4.78 is 5.43. The van der Waals surface area contributed by atoms with Crippen molar-refractivity contribution in [3.05, 3.63) is 24.3 Å². The molecule has 2 atom stereocenters. The second-order valence-corrected chi connectivity index (χ2v) is 20.7. The van der Waals surface area contributed by atoms with Gasteiger partial charge in [-0.3, -0.25) is 9.59 Å². The van der Waals surface area contributed by atoms with E-state index in [1.807, 2.05) is 0 Å². The average Bonchev–Trinajstić information content (AvgIpc) is 3.33. The molecule has 0 aliphatic heterocycles. The molecule has 0 saturated carbocycles. The van der Waals surface area contributed by atoms with Gasteiger partial charge in [0.25, 0.3) is 0 Å². The quantitative estimate of drug-likeness (QED) is 0.0321. The molecule has 0 fully saturated rings. The van der Waals surface area contributed by atoms with Crippen LogP contribution in [0.4, 0.5) is 0 Å². The molecule has 0 aromatic carbocycles. The fourth-order valence-electron chi connectivity index (χ4n) is 9.42. The topological polar surface area (TPSA) is 95.9 Å². The van der Waals surface area contributed by atoms with Gasteiger partial charge < -0.3 is 20.3 Å². The predicted molar refractivity (Wildman–Crippen MR) is 292 cm³/mol. The van der Waals surface area contributed by atoms with Crippen molar-refractivity contribution in [3.63, 3.8) is 0 Å². The summed E-state index contributed by atoms with van der Waals surface area (Å²) in [5, 5.41) is 23.1. The van der Waals surface area contributed by atoms with Gasteiger partial charge in [0, 0.05) is 12.8 Å². The van der Waals surface area contributed by atoms with Crippen LogP contribution in [0.25, 0.3) is 0 Å². The fourth-order valence-corrected chi connectivity index (χ4v) is 9.42. The number of hydrogen-bond acceptors (Lipinski definition) is 5. The van der Waals surface area contributed by atoms with Gasteiger partial charge in [0.1, 0.15) is 0 Å². The van der Waals surface area contributed by atoms with E-state index in [4.69, 9.17) is 4.74 Å². The number of unbranched alkanes of at least 4 members (excludes halogenated alkanes) is 41. The molecular weight excluding hydrogens is 827 g/mol. The fraction of sp³-hybridized carbons (Fsp3) is 0.902. The molecule has 0 aromatic rings. The number of carbonyl (C=O) groups excluding carboxylic acids is 2. The Morgan fingerprint density at radius 3 is 1.13 bits per heavy atom. The highest BCUT2D eigenvalue weighted by Gasteiger charge is 2.20. The summed E-state index contributed by atoms with van der Waals surface area (Å²) in [7, 11) is 0. The predicted octanol–water partition coefficient (Wildman–Crippen LogP) is 18.6. The lowest BCUT2D eigenvalue weighted by molar-refractivity contribution is -0.143. The van der Waals surface area contributed by atoms with E-state index in [0.717, 1.165) is 51.4 Å². The lowest BCUT2D eigenvalue weighted by Crippen LogP contribution is -2.45. The third-order valence-corrected chi connectivity index (χ3v) is 14.0. The first-order chi connectivity index (χ1) is 33.0. The summed E-state index contributed by atoms with van der Waals surface area (Å²) in [6.07, 6.45) is 69.2. The number of aliphatic hydroxyl groups excluding tert-OH is 2.